The molecule has 4 heteroatoms. The second-order valence-corrected chi connectivity index (χ2v) is 4.93. The SMILES string of the molecule is COc1ccc(C(=O)C2CC3CCC2O3)cc1F. The van der Waals surface area contributed by atoms with Crippen LogP contribution in [-0.4, -0.2) is 25.1 Å². The molecule has 3 nitrogen and oxygen atoms in total. The van der Waals surface area contributed by atoms with Crippen molar-refractivity contribution in [1.82, 2.24) is 0 Å². The van der Waals surface area contributed by atoms with Crippen LogP contribution in [0.4, 0.5) is 4.39 Å². The standard InChI is InChI=1S/C14H15FO3/c1-17-13-4-2-8(6-11(13)15)14(16)10-7-9-3-5-12(10)18-9/h2,4,6,9-10,12H,3,5,7H2,1H3. The van der Waals surface area contributed by atoms with E-state index in [0.29, 0.717) is 5.56 Å². The van der Waals surface area contributed by atoms with Crippen molar-refractivity contribution in [3.63, 3.8) is 0 Å². The monoisotopic (exact) mass is 250 g/mol. The number of benzene rings is 1. The number of carbonyl (C=O) groups excluding carboxylic acids is 1. The van der Waals surface area contributed by atoms with Crippen LogP contribution in [0.15, 0.2) is 18.2 Å². The van der Waals surface area contributed by atoms with E-state index in [0.717, 1.165) is 19.3 Å². The molecule has 0 N–H and O–H groups in total. The number of Topliss-reactive ketones (excluding diaryl/α,β-unsaturated/α-hetero) is 1. The highest BCUT2D eigenvalue weighted by molar-refractivity contribution is 5.98. The first-order valence-electron chi connectivity index (χ1n) is 6.22. The minimum atomic E-state index is -0.493. The summed E-state index contributed by atoms with van der Waals surface area (Å²) in [6, 6.07) is 4.38. The molecular formula is C14H15FO3. The van der Waals surface area contributed by atoms with Crippen LogP contribution < -0.4 is 4.74 Å². The Morgan fingerprint density at radius 1 is 1.44 bits per heavy atom. The molecule has 2 bridgehead atoms. The van der Waals surface area contributed by atoms with E-state index in [1.54, 1.807) is 6.07 Å². The van der Waals surface area contributed by atoms with Crippen molar-refractivity contribution in [1.29, 1.82) is 0 Å². The van der Waals surface area contributed by atoms with E-state index in [9.17, 15) is 9.18 Å². The molecule has 3 atom stereocenters. The molecule has 0 saturated carbocycles. The van der Waals surface area contributed by atoms with Crippen molar-refractivity contribution >= 4 is 5.78 Å². The fraction of sp³-hybridized carbons (Fsp3) is 0.500. The van der Waals surface area contributed by atoms with E-state index in [1.807, 2.05) is 0 Å². The molecule has 1 aromatic rings. The Kier molecular flexibility index (Phi) is 2.82. The van der Waals surface area contributed by atoms with Crippen molar-refractivity contribution in [2.75, 3.05) is 7.11 Å². The van der Waals surface area contributed by atoms with Crippen molar-refractivity contribution in [2.45, 2.75) is 31.5 Å². The predicted octanol–water partition coefficient (Wildman–Crippen LogP) is 2.58. The highest BCUT2D eigenvalue weighted by atomic mass is 19.1. The lowest BCUT2D eigenvalue weighted by Crippen LogP contribution is -2.25. The second kappa shape index (κ2) is 4.35. The summed E-state index contributed by atoms with van der Waals surface area (Å²) >= 11 is 0. The summed E-state index contributed by atoms with van der Waals surface area (Å²) in [6.45, 7) is 0. The fourth-order valence-electron chi connectivity index (χ4n) is 2.95. The Morgan fingerprint density at radius 3 is 2.83 bits per heavy atom. The van der Waals surface area contributed by atoms with Crippen LogP contribution in [0.25, 0.3) is 0 Å². The minimum Gasteiger partial charge on any atom is -0.494 e. The third-order valence-electron chi connectivity index (χ3n) is 3.88. The molecule has 3 rings (SSSR count). The summed E-state index contributed by atoms with van der Waals surface area (Å²) in [5.74, 6) is -0.441. The van der Waals surface area contributed by atoms with Gasteiger partial charge in [0.05, 0.1) is 25.2 Å². The average Bonchev–Trinajstić information content (AvgIpc) is 3.00. The molecule has 96 valence electrons. The average molecular weight is 250 g/mol. The molecule has 2 fully saturated rings. The lowest BCUT2D eigenvalue weighted by atomic mass is 9.84. The molecule has 2 saturated heterocycles. The van der Waals surface area contributed by atoms with Gasteiger partial charge in [-0.05, 0) is 37.5 Å². The van der Waals surface area contributed by atoms with Crippen LogP contribution in [-0.2, 0) is 4.74 Å². The van der Waals surface area contributed by atoms with Crippen molar-refractivity contribution in [3.8, 4) is 5.75 Å². The first-order chi connectivity index (χ1) is 8.69. The predicted molar refractivity (Wildman–Crippen MR) is 63.3 cm³/mol. The van der Waals surface area contributed by atoms with Crippen LogP contribution in [0, 0.1) is 11.7 Å². The van der Waals surface area contributed by atoms with Crippen LogP contribution in [0.3, 0.4) is 0 Å². The van der Waals surface area contributed by atoms with Gasteiger partial charge >= 0.3 is 0 Å². The van der Waals surface area contributed by atoms with Crippen molar-refractivity contribution < 1.29 is 18.7 Å². The lowest BCUT2D eigenvalue weighted by molar-refractivity contribution is 0.0743. The first kappa shape index (κ1) is 11.7. The zero-order valence-corrected chi connectivity index (χ0v) is 10.2. The summed E-state index contributed by atoms with van der Waals surface area (Å²) in [6.07, 6.45) is 3.03. The molecule has 2 heterocycles. The quantitative estimate of drug-likeness (QED) is 0.773. The molecule has 2 aliphatic heterocycles. The Morgan fingerprint density at radius 2 is 2.28 bits per heavy atom. The van der Waals surface area contributed by atoms with Gasteiger partial charge in [-0.2, -0.15) is 0 Å². The third-order valence-corrected chi connectivity index (χ3v) is 3.88. The van der Waals surface area contributed by atoms with E-state index >= 15 is 0 Å². The number of fused-ring (bicyclic) bond motifs is 2. The Hall–Kier alpha value is -1.42. The first-order valence-corrected chi connectivity index (χ1v) is 6.22. The lowest BCUT2D eigenvalue weighted by Gasteiger charge is -2.17. The summed E-state index contributed by atoms with van der Waals surface area (Å²) in [7, 11) is 1.41. The summed E-state index contributed by atoms with van der Waals surface area (Å²) in [5, 5.41) is 0. The minimum absolute atomic E-state index is 0.0104. The number of ether oxygens (including phenoxy) is 2. The molecular weight excluding hydrogens is 235 g/mol. The number of carbonyl (C=O) groups is 1. The normalized spacial score (nSPS) is 29.6. The Bertz CT molecular complexity index is 486. The van der Waals surface area contributed by atoms with Gasteiger partial charge < -0.3 is 9.47 Å². The molecule has 0 radical (unpaired) electrons. The van der Waals surface area contributed by atoms with Gasteiger partial charge in [0.1, 0.15) is 0 Å². The summed E-state index contributed by atoms with van der Waals surface area (Å²) in [4.78, 5) is 12.3. The van der Waals surface area contributed by atoms with Crippen LogP contribution in [0.2, 0.25) is 0 Å². The number of methoxy groups -OCH3 is 1. The Labute approximate surface area is 105 Å². The highest BCUT2D eigenvalue weighted by Crippen LogP contribution is 2.40. The van der Waals surface area contributed by atoms with Gasteiger partial charge in [-0.1, -0.05) is 0 Å². The zero-order valence-electron chi connectivity index (χ0n) is 10.2. The molecule has 0 aliphatic carbocycles. The van der Waals surface area contributed by atoms with Gasteiger partial charge in [-0.15, -0.1) is 0 Å². The van der Waals surface area contributed by atoms with Crippen LogP contribution in [0.5, 0.6) is 5.75 Å². The van der Waals surface area contributed by atoms with E-state index in [1.165, 1.54) is 19.2 Å². The van der Waals surface area contributed by atoms with Crippen LogP contribution in [0.1, 0.15) is 29.6 Å². The second-order valence-electron chi connectivity index (χ2n) is 4.93. The maximum absolute atomic E-state index is 13.6. The molecule has 0 spiro atoms. The molecule has 2 aliphatic rings. The summed E-state index contributed by atoms with van der Waals surface area (Å²) < 4.78 is 24.1. The molecule has 18 heavy (non-hydrogen) atoms. The van der Waals surface area contributed by atoms with Crippen molar-refractivity contribution in [2.24, 2.45) is 5.92 Å². The zero-order chi connectivity index (χ0) is 12.7. The van der Waals surface area contributed by atoms with Crippen molar-refractivity contribution in [3.05, 3.63) is 29.6 Å². The third kappa shape index (κ3) is 1.81. The molecule has 3 unspecified atom stereocenters. The molecule has 0 amide bonds. The largest absolute Gasteiger partial charge is 0.494 e. The van der Waals surface area contributed by atoms with Gasteiger partial charge in [-0.25, -0.2) is 4.39 Å². The van der Waals surface area contributed by atoms with E-state index in [4.69, 9.17) is 9.47 Å². The van der Waals surface area contributed by atoms with Gasteiger partial charge in [-0.3, -0.25) is 4.79 Å². The number of ketones is 1. The Balaban J connectivity index is 1.82. The van der Waals surface area contributed by atoms with Gasteiger partial charge in [0.2, 0.25) is 0 Å². The van der Waals surface area contributed by atoms with E-state index in [2.05, 4.69) is 0 Å². The summed E-state index contributed by atoms with van der Waals surface area (Å²) in [5.41, 5.74) is 0.412. The number of hydrogen-bond donors (Lipinski definition) is 0. The van der Waals surface area contributed by atoms with E-state index in [-0.39, 0.29) is 29.7 Å². The topological polar surface area (TPSA) is 35.5 Å². The van der Waals surface area contributed by atoms with E-state index < -0.39 is 5.82 Å². The smallest absolute Gasteiger partial charge is 0.168 e. The fourth-order valence-corrected chi connectivity index (χ4v) is 2.95. The van der Waals surface area contributed by atoms with Gasteiger partial charge in [0.25, 0.3) is 0 Å². The maximum atomic E-state index is 13.6. The van der Waals surface area contributed by atoms with Gasteiger partial charge in [0.15, 0.2) is 17.3 Å². The maximum Gasteiger partial charge on any atom is 0.168 e. The molecule has 1 aromatic carbocycles. The highest BCUT2D eigenvalue weighted by Gasteiger charge is 2.44. The van der Waals surface area contributed by atoms with Gasteiger partial charge in [0, 0.05) is 5.56 Å². The number of rotatable bonds is 3. The molecule has 0 aromatic heterocycles. The number of halogens is 1. The van der Waals surface area contributed by atoms with Crippen LogP contribution >= 0.6 is 0 Å². The number of hydrogen-bond acceptors (Lipinski definition) is 3.